The van der Waals surface area contributed by atoms with E-state index >= 15 is 0 Å². The number of rotatable bonds is 5. The first-order chi connectivity index (χ1) is 9.52. The van der Waals surface area contributed by atoms with Crippen molar-refractivity contribution in [1.82, 2.24) is 10.2 Å². The Morgan fingerprint density at radius 3 is 2.40 bits per heavy atom. The van der Waals surface area contributed by atoms with Gasteiger partial charge in [-0.3, -0.25) is 9.69 Å². The van der Waals surface area contributed by atoms with Crippen molar-refractivity contribution in [3.8, 4) is 0 Å². The van der Waals surface area contributed by atoms with Crippen molar-refractivity contribution in [2.24, 2.45) is 0 Å². The van der Waals surface area contributed by atoms with Crippen LogP contribution in [0.5, 0.6) is 0 Å². The molecule has 1 saturated carbocycles. The molecule has 0 aromatic rings. The van der Waals surface area contributed by atoms with Crippen LogP contribution in [0.25, 0.3) is 0 Å². The summed E-state index contributed by atoms with van der Waals surface area (Å²) in [6.45, 7) is 6.63. The average Bonchev–Trinajstić information content (AvgIpc) is 2.94. The van der Waals surface area contributed by atoms with Gasteiger partial charge in [-0.25, -0.2) is 0 Å². The third-order valence-electron chi connectivity index (χ3n) is 5.35. The van der Waals surface area contributed by atoms with E-state index in [-0.39, 0.29) is 11.4 Å². The van der Waals surface area contributed by atoms with E-state index in [1.54, 1.807) is 0 Å². The molecule has 1 aliphatic heterocycles. The Bertz CT molecular complexity index is 331. The summed E-state index contributed by atoms with van der Waals surface area (Å²) in [5, 5.41) is 3.19. The van der Waals surface area contributed by atoms with Gasteiger partial charge < -0.3 is 10.1 Å². The van der Waals surface area contributed by atoms with Crippen LogP contribution >= 0.6 is 0 Å². The van der Waals surface area contributed by atoms with Crippen LogP contribution in [0.15, 0.2) is 0 Å². The summed E-state index contributed by atoms with van der Waals surface area (Å²) in [5.74, 6) is 0.0768. The molecule has 0 spiro atoms. The van der Waals surface area contributed by atoms with E-state index < -0.39 is 5.60 Å². The van der Waals surface area contributed by atoms with E-state index in [2.05, 4.69) is 24.2 Å². The van der Waals surface area contributed by atoms with Crippen molar-refractivity contribution in [3.63, 3.8) is 0 Å². The lowest BCUT2D eigenvalue weighted by molar-refractivity contribution is -0.151. The molecule has 2 aliphatic rings. The van der Waals surface area contributed by atoms with Gasteiger partial charge in [0.2, 0.25) is 0 Å². The summed E-state index contributed by atoms with van der Waals surface area (Å²) in [6, 6.07) is 0. The summed E-state index contributed by atoms with van der Waals surface area (Å²) in [5.41, 5.74) is -0.446. The molecule has 0 radical (unpaired) electrons. The normalized spacial score (nSPS) is 29.6. The van der Waals surface area contributed by atoms with Crippen LogP contribution in [-0.2, 0) is 9.53 Å². The zero-order valence-electron chi connectivity index (χ0n) is 13.3. The molecule has 1 heterocycles. The van der Waals surface area contributed by atoms with Crippen molar-refractivity contribution in [3.05, 3.63) is 0 Å². The monoisotopic (exact) mass is 282 g/mol. The molecule has 0 bridgehead atoms. The van der Waals surface area contributed by atoms with Crippen LogP contribution in [0.1, 0.15) is 58.8 Å². The Labute approximate surface area is 123 Å². The van der Waals surface area contributed by atoms with Crippen LogP contribution in [0.4, 0.5) is 0 Å². The van der Waals surface area contributed by atoms with Gasteiger partial charge in [0, 0.05) is 18.7 Å². The van der Waals surface area contributed by atoms with Crippen molar-refractivity contribution in [2.45, 2.75) is 69.9 Å². The van der Waals surface area contributed by atoms with Crippen molar-refractivity contribution >= 4 is 5.91 Å². The van der Waals surface area contributed by atoms with Gasteiger partial charge >= 0.3 is 0 Å². The molecular weight excluding hydrogens is 252 g/mol. The Kier molecular flexibility index (Phi) is 5.08. The van der Waals surface area contributed by atoms with E-state index in [1.165, 1.54) is 25.7 Å². The molecule has 20 heavy (non-hydrogen) atoms. The highest BCUT2D eigenvalue weighted by Crippen LogP contribution is 2.34. The molecule has 4 nitrogen and oxygen atoms in total. The second-order valence-corrected chi connectivity index (χ2v) is 6.66. The summed E-state index contributed by atoms with van der Waals surface area (Å²) in [7, 11) is 2.18. The highest BCUT2D eigenvalue weighted by Gasteiger charge is 2.40. The molecule has 4 heteroatoms. The summed E-state index contributed by atoms with van der Waals surface area (Å²) >= 11 is 0. The molecule has 116 valence electrons. The minimum atomic E-state index is -0.608. The smallest absolute Gasteiger partial charge is 0.252 e. The first-order valence-electron chi connectivity index (χ1n) is 8.16. The number of ether oxygens (including phenoxy) is 1. The van der Waals surface area contributed by atoms with Crippen molar-refractivity contribution in [2.75, 3.05) is 26.7 Å². The number of hydrogen-bond donors (Lipinski definition) is 1. The Balaban J connectivity index is 1.94. The zero-order valence-corrected chi connectivity index (χ0v) is 13.3. The third kappa shape index (κ3) is 3.17. The lowest BCUT2D eigenvalue weighted by Crippen LogP contribution is -2.56. The van der Waals surface area contributed by atoms with E-state index in [0.29, 0.717) is 6.61 Å². The highest BCUT2D eigenvalue weighted by atomic mass is 16.5. The van der Waals surface area contributed by atoms with Crippen LogP contribution in [0.3, 0.4) is 0 Å². The first kappa shape index (κ1) is 15.8. The maximum absolute atomic E-state index is 12.5. The highest BCUT2D eigenvalue weighted by molar-refractivity contribution is 5.84. The Morgan fingerprint density at radius 2 is 1.85 bits per heavy atom. The quantitative estimate of drug-likeness (QED) is 0.841. The lowest BCUT2D eigenvalue weighted by Gasteiger charge is -2.40. The Hall–Kier alpha value is -0.610. The minimum Gasteiger partial charge on any atom is -0.365 e. The fraction of sp³-hybridized carbons (Fsp3) is 0.938. The SMILES string of the molecule is CCN(C)C1(CNC(=O)[C@]2(C)CCCCO2)CCCC1. The van der Waals surface area contributed by atoms with Gasteiger partial charge in [-0.05, 0) is 52.6 Å². The van der Waals surface area contributed by atoms with Gasteiger partial charge in [0.15, 0.2) is 0 Å². The topological polar surface area (TPSA) is 41.6 Å². The van der Waals surface area contributed by atoms with Gasteiger partial charge in [0.25, 0.3) is 5.91 Å². The summed E-state index contributed by atoms with van der Waals surface area (Å²) < 4.78 is 5.74. The first-order valence-corrected chi connectivity index (χ1v) is 8.16. The number of carbonyl (C=O) groups is 1. The predicted octanol–water partition coefficient (Wildman–Crippen LogP) is 2.33. The number of amides is 1. The number of hydrogen-bond acceptors (Lipinski definition) is 3. The lowest BCUT2D eigenvalue weighted by atomic mass is 9.92. The molecule has 1 atom stereocenters. The van der Waals surface area contributed by atoms with E-state index in [0.717, 1.165) is 32.4 Å². The van der Waals surface area contributed by atoms with E-state index in [9.17, 15) is 4.79 Å². The second-order valence-electron chi connectivity index (χ2n) is 6.66. The molecule has 0 aromatic heterocycles. The maximum Gasteiger partial charge on any atom is 0.252 e. The fourth-order valence-corrected chi connectivity index (χ4v) is 3.61. The molecule has 0 aromatic carbocycles. The van der Waals surface area contributed by atoms with Crippen molar-refractivity contribution < 1.29 is 9.53 Å². The maximum atomic E-state index is 12.5. The second kappa shape index (κ2) is 6.44. The van der Waals surface area contributed by atoms with Gasteiger partial charge in [-0.2, -0.15) is 0 Å². The molecule has 1 aliphatic carbocycles. The minimum absolute atomic E-state index is 0.0768. The van der Waals surface area contributed by atoms with Crippen LogP contribution in [0.2, 0.25) is 0 Å². The summed E-state index contributed by atoms with van der Waals surface area (Å²) in [6.07, 6.45) is 7.93. The fourth-order valence-electron chi connectivity index (χ4n) is 3.61. The number of nitrogens with one attached hydrogen (secondary N) is 1. The molecule has 1 amide bonds. The Morgan fingerprint density at radius 1 is 1.20 bits per heavy atom. The van der Waals surface area contributed by atoms with Crippen LogP contribution < -0.4 is 5.32 Å². The van der Waals surface area contributed by atoms with E-state index in [1.807, 2.05) is 6.92 Å². The molecule has 1 N–H and O–H groups in total. The summed E-state index contributed by atoms with van der Waals surface area (Å²) in [4.78, 5) is 14.9. The number of likely N-dealkylation sites (N-methyl/N-ethyl adjacent to an activating group) is 1. The molecule has 2 rings (SSSR count). The van der Waals surface area contributed by atoms with Crippen LogP contribution in [-0.4, -0.2) is 48.7 Å². The van der Waals surface area contributed by atoms with E-state index in [4.69, 9.17) is 4.74 Å². The standard InChI is InChI=1S/C16H30N2O2/c1-4-18(3)16(10-5-6-11-16)13-17-14(19)15(2)9-7-8-12-20-15/h4-13H2,1-3H3,(H,17,19)/t15-/m0/s1. The van der Waals surface area contributed by atoms with Gasteiger partial charge in [-0.15, -0.1) is 0 Å². The zero-order chi connectivity index (χ0) is 14.6. The van der Waals surface area contributed by atoms with Crippen LogP contribution in [0, 0.1) is 0 Å². The average molecular weight is 282 g/mol. The van der Waals surface area contributed by atoms with Gasteiger partial charge in [0.1, 0.15) is 5.60 Å². The molecule has 0 unspecified atom stereocenters. The number of carbonyl (C=O) groups excluding carboxylic acids is 1. The predicted molar refractivity (Wildman–Crippen MR) is 80.7 cm³/mol. The van der Waals surface area contributed by atoms with Gasteiger partial charge in [-0.1, -0.05) is 19.8 Å². The number of nitrogens with zero attached hydrogens (tertiary/aromatic N) is 1. The van der Waals surface area contributed by atoms with Gasteiger partial charge in [0.05, 0.1) is 0 Å². The molecule has 2 fully saturated rings. The largest absolute Gasteiger partial charge is 0.365 e. The molecule has 1 saturated heterocycles. The molecular formula is C16H30N2O2. The van der Waals surface area contributed by atoms with Crippen molar-refractivity contribution in [1.29, 1.82) is 0 Å². The third-order valence-corrected chi connectivity index (χ3v) is 5.35.